The van der Waals surface area contributed by atoms with Crippen molar-refractivity contribution < 1.29 is 37.2 Å². The van der Waals surface area contributed by atoms with Gasteiger partial charge in [0.15, 0.2) is 0 Å². The molecule has 578 valence electrons. The molecule has 0 bridgehead atoms. The molecule has 2 aliphatic rings. The van der Waals surface area contributed by atoms with Crippen LogP contribution in [0.1, 0.15) is 62.9 Å². The van der Waals surface area contributed by atoms with E-state index in [0.29, 0.717) is 53.7 Å². The topological polar surface area (TPSA) is 262 Å². The molecule has 2 aliphatic heterocycles. The van der Waals surface area contributed by atoms with Crippen LogP contribution in [0, 0.1) is 5.82 Å². The highest BCUT2D eigenvalue weighted by molar-refractivity contribution is 7.16. The Morgan fingerprint density at radius 1 is 0.545 bits per heavy atom. The number of rotatable bonds is 27. The summed E-state index contributed by atoms with van der Waals surface area (Å²) in [6.07, 6.45) is 21.8. The largest absolute Gasteiger partial charge is 0.497 e. The van der Waals surface area contributed by atoms with Gasteiger partial charge in [0.05, 0.1) is 140 Å². The monoisotopic (exact) mass is 1550 g/mol. The number of nitrogens with one attached hydrogen (secondary N) is 2. The van der Waals surface area contributed by atoms with E-state index in [-0.39, 0.29) is 12.0 Å². The molecule has 6 aromatic carbocycles. The first-order chi connectivity index (χ1) is 54.8. The van der Waals surface area contributed by atoms with E-state index >= 15 is 0 Å². The van der Waals surface area contributed by atoms with Crippen molar-refractivity contribution in [1.29, 1.82) is 0 Å². The van der Waals surface area contributed by atoms with Gasteiger partial charge in [-0.1, -0.05) is 30.5 Å². The summed E-state index contributed by atoms with van der Waals surface area (Å²) >= 11 is 7.84. The number of methoxy groups -OCH3 is 5. The number of benzene rings is 6. The number of halogens is 2. The molecule has 0 amide bonds. The summed E-state index contributed by atoms with van der Waals surface area (Å²) in [7, 11) is 9.97. The number of hydrogen-bond donors (Lipinski definition) is 2. The lowest BCUT2D eigenvalue weighted by molar-refractivity contribution is -0.0394. The van der Waals surface area contributed by atoms with Gasteiger partial charge in [-0.2, -0.15) is 15.3 Å². The molecule has 2 saturated heterocycles. The Bertz CT molecular complexity index is 5450. The van der Waals surface area contributed by atoms with Gasteiger partial charge in [-0.25, -0.2) is 24.0 Å². The van der Waals surface area contributed by atoms with Crippen molar-refractivity contribution in [3.63, 3.8) is 0 Å². The Balaban J connectivity index is 0.000000140. The number of ether oxygens (including phenoxy) is 6. The molecule has 27 nitrogen and oxygen atoms in total. The number of nitrogens with zero attached hydrogens (tertiary/aromatic N) is 18. The van der Waals surface area contributed by atoms with E-state index in [4.69, 9.17) is 64.4 Å². The number of aromatic nitrogens is 14. The van der Waals surface area contributed by atoms with Crippen molar-refractivity contribution in [3.05, 3.63) is 198 Å². The molecular formula is C82H88ClFN20O7S. The number of aryl methyl sites for hydroxylation is 1. The van der Waals surface area contributed by atoms with Crippen LogP contribution in [0.5, 0.6) is 28.7 Å². The van der Waals surface area contributed by atoms with E-state index < -0.39 is 0 Å². The fourth-order valence-corrected chi connectivity index (χ4v) is 14.3. The summed E-state index contributed by atoms with van der Waals surface area (Å²) < 4.78 is 59.7. The van der Waals surface area contributed by atoms with E-state index in [1.54, 1.807) is 76.4 Å². The van der Waals surface area contributed by atoms with Gasteiger partial charge in [0.2, 0.25) is 5.89 Å². The second kappa shape index (κ2) is 36.3. The third kappa shape index (κ3) is 18.9. The van der Waals surface area contributed by atoms with Crippen molar-refractivity contribution in [3.8, 4) is 62.5 Å². The smallest absolute Gasteiger partial charge is 0.315 e. The van der Waals surface area contributed by atoms with E-state index in [2.05, 4.69) is 99.0 Å². The second-order valence-corrected chi connectivity index (χ2v) is 28.5. The van der Waals surface area contributed by atoms with E-state index in [1.165, 1.54) is 12.1 Å². The van der Waals surface area contributed by atoms with Gasteiger partial charge < -0.3 is 58.2 Å². The van der Waals surface area contributed by atoms with E-state index in [0.717, 1.165) is 201 Å². The molecule has 2 fully saturated rings. The predicted molar refractivity (Wildman–Crippen MR) is 435 cm³/mol. The number of piperazine rings is 1. The lowest BCUT2D eigenvalue weighted by atomic mass is 10.2. The highest BCUT2D eigenvalue weighted by Crippen LogP contribution is 2.40. The second-order valence-electron chi connectivity index (χ2n) is 26.7. The van der Waals surface area contributed by atoms with Crippen LogP contribution in [0.3, 0.4) is 0 Å². The van der Waals surface area contributed by atoms with Crippen molar-refractivity contribution in [1.82, 2.24) is 79.7 Å². The molecule has 2 N–H and O–H groups in total. The summed E-state index contributed by atoms with van der Waals surface area (Å²) in [6.45, 7) is 13.4. The molecular weight excluding hydrogens is 1460 g/mol. The number of anilines is 7. The lowest BCUT2D eigenvalue weighted by Gasteiger charge is -2.26. The number of thiophene rings is 1. The third-order valence-electron chi connectivity index (χ3n) is 19.0. The Kier molecular flexibility index (Phi) is 24.9. The fraction of sp³-hybridized carbons (Fsp3) is 0.305. The van der Waals surface area contributed by atoms with Crippen LogP contribution in [-0.2, 0) is 31.4 Å². The molecule has 16 rings (SSSR count). The van der Waals surface area contributed by atoms with Gasteiger partial charge >= 0.3 is 6.01 Å². The number of hydrogen-bond acceptors (Lipinski definition) is 25. The van der Waals surface area contributed by atoms with Gasteiger partial charge in [0.1, 0.15) is 47.3 Å². The molecule has 0 aliphatic carbocycles. The Morgan fingerprint density at radius 2 is 1.08 bits per heavy atom. The Labute approximate surface area is 656 Å². The Morgan fingerprint density at radius 3 is 1.61 bits per heavy atom. The maximum absolute atomic E-state index is 14.2. The van der Waals surface area contributed by atoms with Crippen LogP contribution in [0.25, 0.3) is 66.9 Å². The zero-order valence-electron chi connectivity index (χ0n) is 63.7. The number of fused-ring (bicyclic) bond motifs is 3. The molecule has 10 heterocycles. The van der Waals surface area contributed by atoms with Crippen LogP contribution < -0.4 is 49.0 Å². The van der Waals surface area contributed by atoms with Gasteiger partial charge in [-0.05, 0) is 105 Å². The minimum absolute atomic E-state index is 0.0200. The fourth-order valence-electron chi connectivity index (χ4n) is 13.2. The molecule has 112 heavy (non-hydrogen) atoms. The van der Waals surface area contributed by atoms with Gasteiger partial charge in [-0.3, -0.25) is 29.2 Å². The summed E-state index contributed by atoms with van der Waals surface area (Å²) in [4.78, 5) is 38.5. The van der Waals surface area contributed by atoms with Crippen molar-refractivity contribution >= 4 is 96.2 Å². The minimum atomic E-state index is -0.336. The summed E-state index contributed by atoms with van der Waals surface area (Å²) in [6, 6.07) is 38.6. The lowest BCUT2D eigenvalue weighted by Crippen LogP contribution is -2.44. The molecule has 14 aromatic rings. The van der Waals surface area contributed by atoms with Crippen molar-refractivity contribution in [2.45, 2.75) is 71.8 Å². The quantitative estimate of drug-likeness (QED) is 0.0484. The molecule has 1 atom stereocenters. The zero-order chi connectivity index (χ0) is 77.5. The molecule has 8 aromatic heterocycles. The first-order valence-electron chi connectivity index (χ1n) is 37.1. The highest BCUT2D eigenvalue weighted by atomic mass is 35.5. The standard InChI is InChI=1S/C30H32ClN7O2S.C26H28FN5O2.C26H28N8O3/c1-39-24-13-23(14-25(16-24)40-2)38(20-26-4-6-30(31)41-26)22-3-5-27-28(15-22)35-29(18-33-27)21-17-34-37(19-21)12-11-36-9-7-32-8-10-36;1-3-9-31(21-11-19(27)12-22(13-21)33-2)20-7-8-23-24(14-20)30-25(16-28-23)18-15-29-32(17-18)26-6-4-5-10-34-26;1-5-8-27-26-32-31-25(37-26)16-34(19-9-20(35-3)12-21(10-19)36-4)18-6-7-22-23(11-18)30-24(14-28-22)17-13-29-33(2)15-17/h3-6,13-19,32H,7-12,20H2,1-2H3;7-8,11-17,26H,3-6,9-10H2,1-2H3;6-7,9-15H,5,8,16H2,1-4H3,(H,27,32). The maximum Gasteiger partial charge on any atom is 0.315 e. The van der Waals surface area contributed by atoms with E-state index in [1.807, 2.05) is 137 Å². The van der Waals surface area contributed by atoms with Crippen molar-refractivity contribution in [2.24, 2.45) is 7.05 Å². The predicted octanol–water partition coefficient (Wildman–Crippen LogP) is 15.9. The molecule has 0 radical (unpaired) electrons. The maximum atomic E-state index is 14.2. The highest BCUT2D eigenvalue weighted by Gasteiger charge is 2.23. The van der Waals surface area contributed by atoms with Crippen LogP contribution in [-0.4, -0.2) is 162 Å². The zero-order valence-corrected chi connectivity index (χ0v) is 65.3. The molecule has 0 saturated carbocycles. The third-order valence-corrected chi connectivity index (χ3v) is 20.2. The Hall–Kier alpha value is -11.9. The van der Waals surface area contributed by atoms with Gasteiger partial charge in [0, 0.05) is 182 Å². The molecule has 0 spiro atoms. The first kappa shape index (κ1) is 76.9. The van der Waals surface area contributed by atoms with Crippen LogP contribution >= 0.6 is 22.9 Å². The van der Waals surface area contributed by atoms with Crippen LogP contribution in [0.4, 0.5) is 44.5 Å². The van der Waals surface area contributed by atoms with Gasteiger partial charge in [-0.15, -0.1) is 16.4 Å². The first-order valence-corrected chi connectivity index (χ1v) is 38.3. The van der Waals surface area contributed by atoms with E-state index in [9.17, 15) is 4.39 Å². The van der Waals surface area contributed by atoms with Crippen molar-refractivity contribution in [2.75, 3.05) is 108 Å². The van der Waals surface area contributed by atoms with Crippen LogP contribution in [0.2, 0.25) is 4.34 Å². The normalized spacial score (nSPS) is 13.6. The molecule has 1 unspecified atom stereocenters. The summed E-state index contributed by atoms with van der Waals surface area (Å²) in [5.74, 6) is 3.35. The average Bonchev–Trinajstić information content (AvgIpc) is 1.13. The minimum Gasteiger partial charge on any atom is -0.497 e. The summed E-state index contributed by atoms with van der Waals surface area (Å²) in [5, 5.41) is 28.2. The van der Waals surface area contributed by atoms with Gasteiger partial charge in [0.25, 0.3) is 0 Å². The SMILES string of the molecule is CCCN(c1cc(F)cc(OC)c1)c1ccc2ncc(-c3cnn(C4CCCCO4)c3)nc2c1.CCCNc1nnc(CN(c2cc(OC)cc(OC)c2)c2ccc3ncc(-c4cnn(C)c4)nc3c2)o1.COc1cc(OC)cc(N(Cc2ccc(Cl)s2)c2ccc3ncc(-c4cnn(CCN5CCNCC5)c4)nc3c2)c1. The average molecular weight is 1550 g/mol. The van der Waals surface area contributed by atoms with Crippen LogP contribution in [0.15, 0.2) is 182 Å². The summed E-state index contributed by atoms with van der Waals surface area (Å²) in [5.41, 5.74) is 15.0. The molecule has 30 heteroatoms.